The summed E-state index contributed by atoms with van der Waals surface area (Å²) in [5.74, 6) is 1.37. The average Bonchev–Trinajstić information content (AvgIpc) is 2.55. The molecule has 0 aromatic heterocycles. The van der Waals surface area contributed by atoms with Crippen molar-refractivity contribution in [2.45, 2.75) is 38.5 Å². The highest BCUT2D eigenvalue weighted by Crippen LogP contribution is 2.23. The first-order chi connectivity index (χ1) is 11.1. The second-order valence-corrected chi connectivity index (χ2v) is 6.21. The molecule has 0 spiro atoms. The summed E-state index contributed by atoms with van der Waals surface area (Å²) < 4.78 is 19.1. The van der Waals surface area contributed by atoms with E-state index >= 15 is 0 Å². The molecule has 3 heteroatoms. The van der Waals surface area contributed by atoms with Gasteiger partial charge >= 0.3 is 0 Å². The molecule has 23 heavy (non-hydrogen) atoms. The fourth-order valence-electron chi connectivity index (χ4n) is 2.66. The Morgan fingerprint density at radius 3 is 2.48 bits per heavy atom. The third-order valence-electron chi connectivity index (χ3n) is 4.10. The van der Waals surface area contributed by atoms with Gasteiger partial charge in [0.05, 0.1) is 6.61 Å². The molecule has 0 fully saturated rings. The zero-order valence-corrected chi connectivity index (χ0v) is 14.0. The molecule has 0 radical (unpaired) electrons. The Morgan fingerprint density at radius 1 is 1.04 bits per heavy atom. The van der Waals surface area contributed by atoms with E-state index in [4.69, 9.17) is 10.5 Å². The zero-order valence-electron chi connectivity index (χ0n) is 14.0. The molecule has 0 aliphatic carbocycles. The normalized spacial score (nSPS) is 12.4. The van der Waals surface area contributed by atoms with Crippen LogP contribution in [0.15, 0.2) is 48.5 Å². The first-order valence-electron chi connectivity index (χ1n) is 8.28. The Kier molecular flexibility index (Phi) is 6.60. The minimum Gasteiger partial charge on any atom is -0.494 e. The first kappa shape index (κ1) is 17.5. The van der Waals surface area contributed by atoms with Crippen LogP contribution in [0.3, 0.4) is 0 Å². The molecule has 2 aromatic rings. The number of hydrogen-bond acceptors (Lipinski definition) is 2. The van der Waals surface area contributed by atoms with E-state index in [1.165, 1.54) is 11.6 Å². The molecule has 0 aliphatic rings. The monoisotopic (exact) mass is 315 g/mol. The van der Waals surface area contributed by atoms with Gasteiger partial charge in [-0.05, 0) is 66.6 Å². The van der Waals surface area contributed by atoms with Crippen molar-refractivity contribution in [2.75, 3.05) is 13.2 Å². The van der Waals surface area contributed by atoms with E-state index in [0.29, 0.717) is 19.1 Å². The summed E-state index contributed by atoms with van der Waals surface area (Å²) in [5.41, 5.74) is 8.08. The molecular formula is C20H26FNO. The standard InChI is InChI=1S/C20H26FNO/c1-15(2)16-6-4-10-20(13-16)23-11-5-8-18(14-22)17-7-3-9-19(21)12-17/h3-4,6-7,9-10,12-13,15,18H,5,8,11,14,22H2,1-2H3. The fraction of sp³-hybridized carbons (Fsp3) is 0.400. The lowest BCUT2D eigenvalue weighted by molar-refractivity contribution is 0.301. The lowest BCUT2D eigenvalue weighted by Gasteiger charge is -2.16. The molecule has 0 amide bonds. The SMILES string of the molecule is CC(C)c1cccc(OCCCC(CN)c2cccc(F)c2)c1. The molecule has 1 atom stereocenters. The third kappa shape index (κ3) is 5.36. The van der Waals surface area contributed by atoms with E-state index in [9.17, 15) is 4.39 Å². The van der Waals surface area contributed by atoms with Crippen LogP contribution < -0.4 is 10.5 Å². The molecule has 0 saturated heterocycles. The van der Waals surface area contributed by atoms with E-state index in [0.717, 1.165) is 24.2 Å². The summed E-state index contributed by atoms with van der Waals surface area (Å²) in [6.45, 7) is 5.51. The van der Waals surface area contributed by atoms with Crippen molar-refractivity contribution < 1.29 is 9.13 Å². The van der Waals surface area contributed by atoms with E-state index in [2.05, 4.69) is 26.0 Å². The van der Waals surface area contributed by atoms with Gasteiger partial charge in [0.1, 0.15) is 11.6 Å². The molecule has 0 saturated carbocycles. The Bertz CT molecular complexity index is 612. The Balaban J connectivity index is 1.83. The molecule has 2 rings (SSSR count). The minimum absolute atomic E-state index is 0.177. The van der Waals surface area contributed by atoms with Gasteiger partial charge in [-0.25, -0.2) is 4.39 Å². The lowest BCUT2D eigenvalue weighted by Crippen LogP contribution is -2.14. The van der Waals surface area contributed by atoms with Crippen LogP contribution in [0.1, 0.15) is 49.7 Å². The van der Waals surface area contributed by atoms with Crippen molar-refractivity contribution in [1.29, 1.82) is 0 Å². The molecule has 0 heterocycles. The summed E-state index contributed by atoms with van der Waals surface area (Å²) >= 11 is 0. The van der Waals surface area contributed by atoms with Crippen LogP contribution in [0.25, 0.3) is 0 Å². The minimum atomic E-state index is -0.206. The molecule has 0 bridgehead atoms. The quantitative estimate of drug-likeness (QED) is 0.707. The zero-order chi connectivity index (χ0) is 16.7. The molecule has 1 unspecified atom stereocenters. The summed E-state index contributed by atoms with van der Waals surface area (Å²) in [5, 5.41) is 0. The number of ether oxygens (including phenoxy) is 1. The van der Waals surface area contributed by atoms with Crippen molar-refractivity contribution >= 4 is 0 Å². The predicted molar refractivity (Wildman–Crippen MR) is 93.5 cm³/mol. The summed E-state index contributed by atoms with van der Waals surface area (Å²) in [6, 6.07) is 14.9. The number of benzene rings is 2. The highest BCUT2D eigenvalue weighted by atomic mass is 19.1. The lowest BCUT2D eigenvalue weighted by atomic mass is 9.94. The van der Waals surface area contributed by atoms with E-state index in [-0.39, 0.29) is 11.7 Å². The molecule has 2 aromatic carbocycles. The number of nitrogens with two attached hydrogens (primary N) is 1. The number of rotatable bonds is 8. The van der Waals surface area contributed by atoms with Crippen molar-refractivity contribution in [2.24, 2.45) is 5.73 Å². The maximum absolute atomic E-state index is 13.3. The first-order valence-corrected chi connectivity index (χ1v) is 8.28. The van der Waals surface area contributed by atoms with Crippen molar-refractivity contribution in [1.82, 2.24) is 0 Å². The van der Waals surface area contributed by atoms with Crippen molar-refractivity contribution in [3.05, 3.63) is 65.5 Å². The van der Waals surface area contributed by atoms with Gasteiger partial charge in [0.2, 0.25) is 0 Å². The largest absolute Gasteiger partial charge is 0.494 e. The molecule has 2 N–H and O–H groups in total. The van der Waals surface area contributed by atoms with Gasteiger partial charge < -0.3 is 10.5 Å². The van der Waals surface area contributed by atoms with Gasteiger partial charge in [-0.3, -0.25) is 0 Å². The fourth-order valence-corrected chi connectivity index (χ4v) is 2.66. The van der Waals surface area contributed by atoms with Crippen LogP contribution in [0, 0.1) is 5.82 Å². The maximum atomic E-state index is 13.3. The second-order valence-electron chi connectivity index (χ2n) is 6.21. The smallest absolute Gasteiger partial charge is 0.123 e. The topological polar surface area (TPSA) is 35.2 Å². The van der Waals surface area contributed by atoms with Crippen LogP contribution in [0.2, 0.25) is 0 Å². The van der Waals surface area contributed by atoms with E-state index in [1.54, 1.807) is 12.1 Å². The van der Waals surface area contributed by atoms with Crippen LogP contribution >= 0.6 is 0 Å². The summed E-state index contributed by atoms with van der Waals surface area (Å²) in [4.78, 5) is 0. The van der Waals surface area contributed by atoms with Gasteiger partial charge in [-0.1, -0.05) is 38.1 Å². The Hall–Kier alpha value is -1.87. The predicted octanol–water partition coefficient (Wildman–Crippen LogP) is 4.85. The van der Waals surface area contributed by atoms with Crippen molar-refractivity contribution in [3.8, 4) is 5.75 Å². The second kappa shape index (κ2) is 8.68. The van der Waals surface area contributed by atoms with E-state index in [1.807, 2.05) is 18.2 Å². The Morgan fingerprint density at radius 2 is 1.78 bits per heavy atom. The highest BCUT2D eigenvalue weighted by Gasteiger charge is 2.10. The third-order valence-corrected chi connectivity index (χ3v) is 4.10. The average molecular weight is 315 g/mol. The number of halogens is 1. The summed E-state index contributed by atoms with van der Waals surface area (Å²) in [6.07, 6.45) is 1.79. The highest BCUT2D eigenvalue weighted by molar-refractivity contribution is 5.30. The molecule has 2 nitrogen and oxygen atoms in total. The van der Waals surface area contributed by atoms with Gasteiger partial charge in [-0.15, -0.1) is 0 Å². The van der Waals surface area contributed by atoms with Gasteiger partial charge in [-0.2, -0.15) is 0 Å². The van der Waals surface area contributed by atoms with Crippen LogP contribution in [-0.4, -0.2) is 13.2 Å². The van der Waals surface area contributed by atoms with Crippen LogP contribution in [-0.2, 0) is 0 Å². The van der Waals surface area contributed by atoms with Gasteiger partial charge in [0.15, 0.2) is 0 Å². The maximum Gasteiger partial charge on any atom is 0.123 e. The van der Waals surface area contributed by atoms with E-state index < -0.39 is 0 Å². The van der Waals surface area contributed by atoms with Gasteiger partial charge in [0, 0.05) is 0 Å². The molecule has 124 valence electrons. The molecule has 0 aliphatic heterocycles. The summed E-state index contributed by atoms with van der Waals surface area (Å²) in [7, 11) is 0. The van der Waals surface area contributed by atoms with Crippen LogP contribution in [0.4, 0.5) is 4.39 Å². The van der Waals surface area contributed by atoms with Crippen molar-refractivity contribution in [3.63, 3.8) is 0 Å². The van der Waals surface area contributed by atoms with Crippen LogP contribution in [0.5, 0.6) is 5.75 Å². The number of hydrogen-bond donors (Lipinski definition) is 1. The van der Waals surface area contributed by atoms with Gasteiger partial charge in [0.25, 0.3) is 0 Å². The Labute approximate surface area is 138 Å². The molecular weight excluding hydrogens is 289 g/mol.